The number of alkyl halides is 13. The molecular weight excluding hydrogens is 553 g/mol. The third-order valence-electron chi connectivity index (χ3n) is 6.05. The largest absolute Gasteiger partial charge is 0.460 e. The second-order valence-corrected chi connectivity index (χ2v) is 9.20. The zero-order valence-corrected chi connectivity index (χ0v) is 21.2. The molecule has 0 saturated carbocycles. The number of rotatable bonds is 19. The van der Waals surface area contributed by atoms with Crippen molar-refractivity contribution < 1.29 is 61.9 Å². The van der Waals surface area contributed by atoms with Crippen LogP contribution in [0.5, 0.6) is 0 Å². The monoisotopic (exact) mass is 587 g/mol. The van der Waals surface area contributed by atoms with Crippen LogP contribution in [0, 0.1) is 0 Å². The van der Waals surface area contributed by atoms with E-state index in [0.29, 0.717) is 38.5 Å². The molecule has 0 bridgehead atoms. The Morgan fingerprint density at radius 2 is 0.789 bits per heavy atom. The molecule has 0 radical (unpaired) electrons. The van der Waals surface area contributed by atoms with Gasteiger partial charge in [-0.25, -0.2) is 0 Å². The average Bonchev–Trinajstić information content (AvgIpc) is 2.80. The lowest BCUT2D eigenvalue weighted by Gasteiger charge is -2.40. The molecule has 0 atom stereocenters. The van der Waals surface area contributed by atoms with Crippen LogP contribution in [-0.2, 0) is 4.79 Å². The van der Waals surface area contributed by atoms with Gasteiger partial charge in [0.25, 0.3) is 5.91 Å². The molecule has 0 aromatic heterocycles. The van der Waals surface area contributed by atoms with E-state index < -0.39 is 54.8 Å². The number of halogens is 13. The standard InChI is InChI=1S/C23H34F13NO/c1-3-5-7-9-11-13-15-37(16-14-12-10-8-6-4-2)17(38)18(24,25)19(26,27)20(28,29)21(30,31)22(32,33)23(34,35)36/h3-16H2,1-2H3. The van der Waals surface area contributed by atoms with Gasteiger partial charge < -0.3 is 4.90 Å². The highest BCUT2D eigenvalue weighted by Gasteiger charge is 2.91. The minimum Gasteiger partial charge on any atom is -0.337 e. The van der Waals surface area contributed by atoms with Gasteiger partial charge in [-0.15, -0.1) is 0 Å². The van der Waals surface area contributed by atoms with Gasteiger partial charge in [0, 0.05) is 13.1 Å². The van der Waals surface area contributed by atoms with Crippen LogP contribution in [0.25, 0.3) is 0 Å². The van der Waals surface area contributed by atoms with E-state index in [2.05, 4.69) is 0 Å². The Morgan fingerprint density at radius 3 is 1.13 bits per heavy atom. The maximum atomic E-state index is 14.4. The smallest absolute Gasteiger partial charge is 0.337 e. The van der Waals surface area contributed by atoms with Gasteiger partial charge in [0.1, 0.15) is 0 Å². The molecule has 0 aromatic carbocycles. The van der Waals surface area contributed by atoms with E-state index in [0.717, 1.165) is 25.7 Å². The number of unbranched alkanes of at least 4 members (excludes halogenated alkanes) is 10. The summed E-state index contributed by atoms with van der Waals surface area (Å²) >= 11 is 0. The summed E-state index contributed by atoms with van der Waals surface area (Å²) < 4.78 is 175. The van der Waals surface area contributed by atoms with Crippen molar-refractivity contribution in [2.45, 2.75) is 127 Å². The van der Waals surface area contributed by atoms with Crippen LogP contribution < -0.4 is 0 Å². The molecule has 2 nitrogen and oxygen atoms in total. The maximum absolute atomic E-state index is 14.4. The summed E-state index contributed by atoms with van der Waals surface area (Å²) in [4.78, 5) is 12.3. The molecule has 0 unspecified atom stereocenters. The number of hydrogen-bond donors (Lipinski definition) is 0. The molecule has 0 saturated heterocycles. The molecule has 1 amide bonds. The zero-order chi connectivity index (χ0) is 30.1. The van der Waals surface area contributed by atoms with E-state index in [-0.39, 0.29) is 17.7 Å². The van der Waals surface area contributed by atoms with Crippen molar-refractivity contribution in [2.75, 3.05) is 13.1 Å². The van der Waals surface area contributed by atoms with E-state index in [1.807, 2.05) is 13.8 Å². The second kappa shape index (κ2) is 14.3. The van der Waals surface area contributed by atoms with Crippen LogP contribution in [-0.4, -0.2) is 59.7 Å². The van der Waals surface area contributed by atoms with Gasteiger partial charge in [-0.05, 0) is 12.8 Å². The predicted octanol–water partition coefficient (Wildman–Crippen LogP) is 9.27. The van der Waals surface area contributed by atoms with E-state index in [1.165, 1.54) is 0 Å². The third-order valence-corrected chi connectivity index (χ3v) is 6.05. The zero-order valence-electron chi connectivity index (χ0n) is 21.2. The van der Waals surface area contributed by atoms with Crippen LogP contribution >= 0.6 is 0 Å². The topological polar surface area (TPSA) is 20.3 Å². The van der Waals surface area contributed by atoms with Gasteiger partial charge in [0.05, 0.1) is 0 Å². The van der Waals surface area contributed by atoms with Gasteiger partial charge in [0.15, 0.2) is 0 Å². The first-order valence-electron chi connectivity index (χ1n) is 12.4. The number of carbonyl (C=O) groups is 1. The molecule has 0 aromatic rings. The van der Waals surface area contributed by atoms with Crippen LogP contribution in [0.4, 0.5) is 57.1 Å². The molecule has 15 heteroatoms. The summed E-state index contributed by atoms with van der Waals surface area (Å²) in [7, 11) is 0. The highest BCUT2D eigenvalue weighted by Crippen LogP contribution is 2.60. The Labute approximate surface area is 213 Å². The summed E-state index contributed by atoms with van der Waals surface area (Å²) in [5, 5.41) is 0. The number of nitrogens with zero attached hydrogens (tertiary/aromatic N) is 1. The average molecular weight is 588 g/mol. The summed E-state index contributed by atoms with van der Waals surface area (Å²) in [5.41, 5.74) is 0. The van der Waals surface area contributed by atoms with Gasteiger partial charge in [-0.3, -0.25) is 4.79 Å². The maximum Gasteiger partial charge on any atom is 0.460 e. The quantitative estimate of drug-likeness (QED) is 0.109. The first-order valence-corrected chi connectivity index (χ1v) is 12.4. The Hall–Kier alpha value is -1.44. The van der Waals surface area contributed by atoms with Crippen molar-refractivity contribution in [3.8, 4) is 0 Å². The lowest BCUT2D eigenvalue weighted by Crippen LogP contribution is -2.72. The molecule has 228 valence electrons. The number of carbonyl (C=O) groups excluding carboxylic acids is 1. The fraction of sp³-hybridized carbons (Fsp3) is 0.957. The van der Waals surface area contributed by atoms with Crippen LogP contribution in [0.1, 0.15) is 90.9 Å². The Morgan fingerprint density at radius 1 is 0.474 bits per heavy atom. The normalized spacial score (nSPS) is 14.2. The molecule has 0 aliphatic rings. The molecule has 0 fully saturated rings. The molecular formula is C23H34F13NO. The van der Waals surface area contributed by atoms with Gasteiger partial charge in [-0.2, -0.15) is 57.1 Å². The molecule has 0 aliphatic heterocycles. The minimum atomic E-state index is -8.02. The highest BCUT2D eigenvalue weighted by molar-refractivity contribution is 5.85. The molecule has 0 aliphatic carbocycles. The van der Waals surface area contributed by atoms with Crippen molar-refractivity contribution in [3.63, 3.8) is 0 Å². The van der Waals surface area contributed by atoms with Crippen LogP contribution in [0.3, 0.4) is 0 Å². The second-order valence-electron chi connectivity index (χ2n) is 9.20. The molecule has 0 heterocycles. The molecule has 0 N–H and O–H groups in total. The van der Waals surface area contributed by atoms with Crippen molar-refractivity contribution in [1.82, 2.24) is 4.90 Å². The van der Waals surface area contributed by atoms with E-state index in [4.69, 9.17) is 0 Å². The third kappa shape index (κ3) is 8.04. The molecule has 0 spiro atoms. The van der Waals surface area contributed by atoms with E-state index >= 15 is 0 Å². The number of amides is 1. The van der Waals surface area contributed by atoms with Gasteiger partial charge in [0.2, 0.25) is 0 Å². The van der Waals surface area contributed by atoms with E-state index in [9.17, 15) is 61.9 Å². The Kier molecular flexibility index (Phi) is 13.7. The van der Waals surface area contributed by atoms with Gasteiger partial charge >= 0.3 is 35.8 Å². The van der Waals surface area contributed by atoms with Crippen molar-refractivity contribution in [3.05, 3.63) is 0 Å². The summed E-state index contributed by atoms with van der Waals surface area (Å²) in [5.74, 6) is -41.2. The highest BCUT2D eigenvalue weighted by atomic mass is 19.4. The first kappa shape index (κ1) is 36.6. The van der Waals surface area contributed by atoms with Crippen LogP contribution in [0.2, 0.25) is 0 Å². The lowest BCUT2D eigenvalue weighted by atomic mass is 9.93. The Balaban J connectivity index is 5.94. The SMILES string of the molecule is CCCCCCCCN(CCCCCCCC)C(=O)C(F)(F)C(F)(F)C(F)(F)C(F)(F)C(F)(F)C(F)(F)F. The fourth-order valence-corrected chi connectivity index (χ4v) is 3.58. The van der Waals surface area contributed by atoms with Crippen molar-refractivity contribution in [1.29, 1.82) is 0 Å². The summed E-state index contributed by atoms with van der Waals surface area (Å²) in [6.07, 6.45) is -1.11. The van der Waals surface area contributed by atoms with Crippen molar-refractivity contribution in [2.24, 2.45) is 0 Å². The van der Waals surface area contributed by atoms with E-state index in [1.54, 1.807) is 0 Å². The lowest BCUT2D eigenvalue weighted by molar-refractivity contribution is -0.436. The summed E-state index contributed by atoms with van der Waals surface area (Å²) in [6.45, 7) is 2.47. The first-order chi connectivity index (χ1) is 17.2. The van der Waals surface area contributed by atoms with Crippen LogP contribution in [0.15, 0.2) is 0 Å². The molecule has 0 rings (SSSR count). The molecule has 38 heavy (non-hydrogen) atoms. The Bertz CT molecular complexity index is 692. The fourth-order valence-electron chi connectivity index (χ4n) is 3.58. The summed E-state index contributed by atoms with van der Waals surface area (Å²) in [6, 6.07) is 0. The number of hydrogen-bond acceptors (Lipinski definition) is 1. The van der Waals surface area contributed by atoms with Crippen molar-refractivity contribution >= 4 is 5.91 Å². The van der Waals surface area contributed by atoms with Gasteiger partial charge in [-0.1, -0.05) is 78.1 Å². The minimum absolute atomic E-state index is 0.0453. The predicted molar refractivity (Wildman–Crippen MR) is 114 cm³/mol.